The van der Waals surface area contributed by atoms with Crippen LogP contribution in [0.4, 0.5) is 4.79 Å². The Hall–Kier alpha value is -0.849. The number of Topliss-reactive ketones (excluding diaryl/α,β-unsaturated/α-hetero) is 1. The van der Waals surface area contributed by atoms with Crippen LogP contribution in [0.3, 0.4) is 0 Å². The number of nitrogens with two attached hydrogens (primary N) is 6. The van der Waals surface area contributed by atoms with Crippen molar-refractivity contribution in [2.24, 2.45) is 5.92 Å². The summed E-state index contributed by atoms with van der Waals surface area (Å²) in [5, 5.41) is 48.5. The zero-order chi connectivity index (χ0) is 72.2. The number of aliphatic hydroxyl groups excluding tert-OH is 1. The van der Waals surface area contributed by atoms with Gasteiger partial charge in [-0.15, -0.1) is 13.1 Å². The van der Waals surface area contributed by atoms with Gasteiger partial charge in [0, 0.05) is 55.6 Å². The molecule has 1 atom stereocenters. The van der Waals surface area contributed by atoms with Crippen LogP contribution in [0.15, 0.2) is 54.7 Å². The molecule has 0 aliphatic carbocycles. The Kier molecular flexibility index (Phi) is 114. The minimum Gasteiger partial charge on any atom is -0.693 e. The van der Waals surface area contributed by atoms with E-state index in [9.17, 15) is 47.9 Å². The number of amides is 1. The van der Waals surface area contributed by atoms with Gasteiger partial charge in [0.15, 0.2) is 33.3 Å². The normalized spacial score (nSPS) is 10.4. The standard InChI is InChI=1S/C17H35NO2.C13H9N.C10H20O5Si.C9H20N2O3Si.C8H18O3Si.C6H14O3Si.4ClH.6H2N.H2O.4Pt/c1-2-3-4-5-6-7-8-9-10-11-12-13-14-15-16-18-17(19)20;1-2-6-11-10(5-1)9-14-13-8-4-3-7-12(11)13;1-16(2,15)5-3-4-9(12)6-8(7-11)10(13)14;1-15(2,13)5-3-4-9(12)14-8(6-10)7-11;1-12(2,11)7-5-3-4-6-8(9)10;1-10(2,9)5-3-4-6(7)8;;;;;;;;;;;;;;;/h18H,2-16H2,1H3,(H,19,20);1-9H;8,11,15H,3-7H2,1-2H3,(H,13,14);8,10-11,13H,3-7H2,1-2H3;11H,3-7H2,1-2H3,(H,9,10);9H,3-5H2,1-2H3,(H,7,8);4*1H;7*1H2;;;;/q;;;-2;;;;;;;6*-1;;2*+2;2*+4/p-4. The maximum atomic E-state index is 11.4. The number of hydrogen-bond acceptors (Lipinski definition) is 13. The number of halogens is 4. The summed E-state index contributed by atoms with van der Waals surface area (Å²) in [5.41, 5.74) is 15.1. The largest absolute Gasteiger partial charge is 2.00 e. The molecule has 0 fully saturated rings. The number of nitrogens with one attached hydrogen (secondary N) is 3. The summed E-state index contributed by atoms with van der Waals surface area (Å²) >= 11 is -0.944. The number of ketones is 1. The van der Waals surface area contributed by atoms with Gasteiger partial charge in [-0.1, -0.05) is 146 Å². The van der Waals surface area contributed by atoms with Gasteiger partial charge in [0.05, 0.1) is 24.1 Å². The molecule has 39 heteroatoms. The Bertz CT molecular complexity index is 2320. The van der Waals surface area contributed by atoms with Crippen molar-refractivity contribution >= 4 is 128 Å². The molecule has 102 heavy (non-hydrogen) atoms. The first-order chi connectivity index (χ1) is 43.5. The summed E-state index contributed by atoms with van der Waals surface area (Å²) in [6.07, 6.45) is 24.4. The number of benzene rings is 2. The first-order valence-corrected chi connectivity index (χ1v) is 55.9. The molecule has 0 bridgehead atoms. The SMILES string of the molecule is CCCCCCCCCCCCCCCCNC(=O)O.C[Si](C)(O)CCCC(=O)CC(CO)C(=O)O.C[Si](C)(O)CCCC(=O)O.C[Si](C)(O)CCCC(=O)OC(C[NH-])C[NH-].C[Si](C)(O)CCCCCC(=O)O.O.[Cl][Pt+2][Cl].[Cl][Pt+2][Cl].[NH2-].[NH2-].[NH2-].[NH2-].[NH2-].[NH2-].[Pt+2].[Pt+2].c1ccc2c(c1)cnc1ccccc12. The van der Waals surface area contributed by atoms with Crippen LogP contribution >= 0.6 is 37.7 Å². The van der Waals surface area contributed by atoms with E-state index >= 15 is 0 Å². The molecule has 0 spiro atoms. The predicted octanol–water partition coefficient (Wildman–Crippen LogP) is 20.8. The summed E-state index contributed by atoms with van der Waals surface area (Å²) < 4.78 is 4.88. The van der Waals surface area contributed by atoms with E-state index < -0.39 is 109 Å². The second-order valence-corrected chi connectivity index (χ2v) is 48.0. The number of aliphatic hydroxyl groups is 1. The van der Waals surface area contributed by atoms with Gasteiger partial charge in [0.2, 0.25) is 0 Å². The van der Waals surface area contributed by atoms with Crippen LogP contribution in [-0.4, -0.2) is 157 Å². The van der Waals surface area contributed by atoms with Crippen molar-refractivity contribution in [2.45, 2.75) is 250 Å². The van der Waals surface area contributed by atoms with Crippen molar-refractivity contribution in [1.82, 2.24) is 10.3 Å². The van der Waals surface area contributed by atoms with Gasteiger partial charge in [0.25, 0.3) is 0 Å². The molecule has 2 aromatic carbocycles. The fourth-order valence-electron chi connectivity index (χ4n) is 8.40. The number of rotatable bonds is 40. The van der Waals surface area contributed by atoms with Gasteiger partial charge in [-0.2, -0.15) is 0 Å². The van der Waals surface area contributed by atoms with E-state index in [1.165, 1.54) is 93.2 Å². The number of pyridine rings is 1. The van der Waals surface area contributed by atoms with E-state index in [1.54, 1.807) is 13.1 Å². The quantitative estimate of drug-likeness (QED) is 0.0109. The van der Waals surface area contributed by atoms with Crippen LogP contribution in [0.1, 0.15) is 167 Å². The average Bonchev–Trinajstić information content (AvgIpc) is 0.801. The molecule has 27 nitrogen and oxygen atoms in total. The number of aromatic nitrogens is 1. The summed E-state index contributed by atoms with van der Waals surface area (Å²) in [6, 6.07) is 19.4. The fourth-order valence-corrected chi connectivity index (χ4v) is 12.6. The number of carboxylic acid groups (broad SMARTS) is 4. The maximum Gasteiger partial charge on any atom is 2.00 e. The summed E-state index contributed by atoms with van der Waals surface area (Å²) in [5.74, 6) is -4.18. The molecule has 618 valence electrons. The number of esters is 1. The van der Waals surface area contributed by atoms with Gasteiger partial charge in [-0.05, 0) is 120 Å². The molecule has 1 heterocycles. The molecule has 0 aliphatic rings. The Balaban J connectivity index is -0.0000000740. The number of aliphatic carboxylic acids is 3. The van der Waals surface area contributed by atoms with Crippen molar-refractivity contribution in [3.05, 3.63) is 103 Å². The first kappa shape index (κ1) is 134. The number of ether oxygens (including phenoxy) is 1. The van der Waals surface area contributed by atoms with Crippen molar-refractivity contribution in [3.63, 3.8) is 0 Å². The molecule has 1 aromatic heterocycles. The zero-order valence-electron chi connectivity index (χ0n) is 61.3. The van der Waals surface area contributed by atoms with Gasteiger partial charge in [-0.25, -0.2) is 4.79 Å². The number of carbonyl (C=O) groups is 6. The van der Waals surface area contributed by atoms with Crippen LogP contribution < -0.4 is 5.32 Å². The number of hydrogen-bond donors (Lipinski definition) is 10. The van der Waals surface area contributed by atoms with E-state index in [0.717, 1.165) is 43.7 Å². The average molecular weight is 2330 g/mol. The van der Waals surface area contributed by atoms with Crippen LogP contribution in [0.25, 0.3) is 70.0 Å². The van der Waals surface area contributed by atoms with Crippen molar-refractivity contribution < 1.29 is 159 Å². The Morgan fingerprint density at radius 3 is 1.23 bits per heavy atom. The van der Waals surface area contributed by atoms with Crippen molar-refractivity contribution in [3.8, 4) is 0 Å². The van der Waals surface area contributed by atoms with E-state index in [0.29, 0.717) is 43.9 Å². The molecule has 0 radical (unpaired) electrons. The van der Waals surface area contributed by atoms with E-state index in [4.69, 9.17) is 79.4 Å². The predicted molar refractivity (Wildman–Crippen MR) is 420 cm³/mol. The molecule has 0 aliphatic heterocycles. The number of carbonyl (C=O) groups excluding carboxylic acids is 2. The topological polar surface area (TPSA) is 599 Å². The van der Waals surface area contributed by atoms with Gasteiger partial charge < -0.3 is 109 Å². The van der Waals surface area contributed by atoms with E-state index in [2.05, 4.69) is 47.6 Å². The van der Waals surface area contributed by atoms with Gasteiger partial charge >= 0.3 is 143 Å². The van der Waals surface area contributed by atoms with Crippen LogP contribution in [0.5, 0.6) is 0 Å². The first-order valence-electron chi connectivity index (χ1n) is 32.0. The molecular formula is C63H130Cl4N10O17Pt4Si4. The number of para-hydroxylation sites is 1. The molecule has 0 saturated heterocycles. The molecule has 3 aromatic rings. The molecule has 1 amide bonds. The molecule has 0 saturated carbocycles. The fraction of sp³-hybridized carbons (Fsp3) is 0.698. The minimum absolute atomic E-state index is 0. The number of fused-ring (bicyclic) bond motifs is 3. The van der Waals surface area contributed by atoms with E-state index in [-0.39, 0.29) is 141 Å². The second-order valence-electron chi connectivity index (χ2n) is 24.9. The van der Waals surface area contributed by atoms with Gasteiger partial charge in [-0.3, -0.25) is 29.0 Å². The molecule has 3 rings (SSSR count). The smallest absolute Gasteiger partial charge is 0.693 e. The zero-order valence-corrected chi connectivity index (χ0v) is 77.4. The molecule has 1 unspecified atom stereocenters. The second kappa shape index (κ2) is 87.4. The summed E-state index contributed by atoms with van der Waals surface area (Å²) in [4.78, 5) is 106. The van der Waals surface area contributed by atoms with E-state index in [1.807, 2.05) is 63.7 Å². The minimum atomic E-state index is -2.11. The Morgan fingerprint density at radius 2 is 0.853 bits per heavy atom. The number of carboxylic acids is 3. The van der Waals surface area contributed by atoms with Crippen LogP contribution in [-0.2, 0) is 104 Å². The number of unbranched alkanes of at least 4 members (excludes halogenated alkanes) is 15. The third-order valence-corrected chi connectivity index (χ3v) is 19.7. The molecule has 26 N–H and O–H groups in total. The van der Waals surface area contributed by atoms with Crippen LogP contribution in [0, 0.1) is 5.92 Å². The van der Waals surface area contributed by atoms with Gasteiger partial charge in [0.1, 0.15) is 5.78 Å². The number of nitrogens with zero attached hydrogens (tertiary/aromatic N) is 1. The van der Waals surface area contributed by atoms with Crippen LogP contribution in [0.2, 0.25) is 76.6 Å². The molecular weight excluding hydrogens is 2200 g/mol. The maximum absolute atomic E-state index is 11.4. The summed E-state index contributed by atoms with van der Waals surface area (Å²) in [6.45, 7) is 16.9. The monoisotopic (exact) mass is 2330 g/mol. The Labute approximate surface area is 676 Å². The third-order valence-electron chi connectivity index (χ3n) is 13.4. The summed E-state index contributed by atoms with van der Waals surface area (Å²) in [7, 11) is 11.5. The van der Waals surface area contributed by atoms with Crippen molar-refractivity contribution in [2.75, 3.05) is 26.2 Å². The Morgan fingerprint density at radius 1 is 0.510 bits per heavy atom. The third kappa shape index (κ3) is 106. The van der Waals surface area contributed by atoms with Crippen molar-refractivity contribution in [1.29, 1.82) is 0 Å².